The fourth-order valence-corrected chi connectivity index (χ4v) is 5.27. The zero-order valence-electron chi connectivity index (χ0n) is 20.2. The Morgan fingerprint density at radius 1 is 0.861 bits per heavy atom. The highest BCUT2D eigenvalue weighted by atomic mass is 35.5. The van der Waals surface area contributed by atoms with Crippen molar-refractivity contribution in [3.63, 3.8) is 0 Å². The van der Waals surface area contributed by atoms with E-state index in [0.29, 0.717) is 5.02 Å². The molecule has 0 saturated heterocycles. The van der Waals surface area contributed by atoms with Gasteiger partial charge in [0, 0.05) is 40.4 Å². The summed E-state index contributed by atoms with van der Waals surface area (Å²) in [5.41, 5.74) is 3.33. The average Bonchev–Trinajstić information content (AvgIpc) is 3.27. The minimum Gasteiger partial charge on any atom is -0.468 e. The lowest BCUT2D eigenvalue weighted by Gasteiger charge is -2.40. The van der Waals surface area contributed by atoms with Gasteiger partial charge in [-0.3, -0.25) is 4.79 Å². The molecule has 0 spiro atoms. The van der Waals surface area contributed by atoms with Gasteiger partial charge in [0.25, 0.3) is 0 Å². The summed E-state index contributed by atoms with van der Waals surface area (Å²) < 4.78 is 7.70. The SMILES string of the molecule is COC(=O)[C@](c1ccccc1)(c1cn(C)c2ccccc12)[C@H](Nc1ccc(Cl)cc1)c1ccccc1. The number of methoxy groups -OCH3 is 1. The van der Waals surface area contributed by atoms with E-state index in [1.165, 1.54) is 7.11 Å². The first kappa shape index (κ1) is 23.7. The number of para-hydroxylation sites is 1. The Morgan fingerprint density at radius 2 is 1.47 bits per heavy atom. The largest absolute Gasteiger partial charge is 0.468 e. The Bertz CT molecular complexity index is 1480. The smallest absolute Gasteiger partial charge is 0.323 e. The molecule has 0 amide bonds. The molecule has 0 saturated carbocycles. The first-order valence-corrected chi connectivity index (χ1v) is 12.2. The summed E-state index contributed by atoms with van der Waals surface area (Å²) in [6, 6.07) is 35.1. The second kappa shape index (κ2) is 9.92. The van der Waals surface area contributed by atoms with Crippen LogP contribution in [0.25, 0.3) is 10.9 Å². The highest BCUT2D eigenvalue weighted by molar-refractivity contribution is 6.30. The van der Waals surface area contributed by atoms with Gasteiger partial charge >= 0.3 is 5.97 Å². The summed E-state index contributed by atoms with van der Waals surface area (Å²) >= 11 is 6.18. The quantitative estimate of drug-likeness (QED) is 0.244. The maximum atomic E-state index is 14.3. The molecule has 1 heterocycles. The van der Waals surface area contributed by atoms with Gasteiger partial charge in [-0.05, 0) is 41.5 Å². The number of hydrogen-bond acceptors (Lipinski definition) is 3. The van der Waals surface area contributed by atoms with E-state index in [2.05, 4.69) is 22.0 Å². The van der Waals surface area contributed by atoms with Crippen molar-refractivity contribution >= 4 is 34.2 Å². The molecule has 5 heteroatoms. The van der Waals surface area contributed by atoms with Gasteiger partial charge in [-0.2, -0.15) is 0 Å². The molecule has 5 rings (SSSR count). The molecule has 1 aromatic heterocycles. The maximum Gasteiger partial charge on any atom is 0.323 e. The summed E-state index contributed by atoms with van der Waals surface area (Å²) in [5, 5.41) is 5.32. The van der Waals surface area contributed by atoms with E-state index in [1.807, 2.05) is 110 Å². The summed E-state index contributed by atoms with van der Waals surface area (Å²) in [4.78, 5) is 14.3. The average molecular weight is 495 g/mol. The number of halogens is 1. The van der Waals surface area contributed by atoms with Gasteiger partial charge in [0.1, 0.15) is 5.41 Å². The molecule has 0 fully saturated rings. The summed E-state index contributed by atoms with van der Waals surface area (Å²) in [7, 11) is 3.46. The normalized spacial score (nSPS) is 13.6. The van der Waals surface area contributed by atoms with Crippen LogP contribution >= 0.6 is 11.6 Å². The van der Waals surface area contributed by atoms with Crippen molar-refractivity contribution in [2.45, 2.75) is 11.5 Å². The third kappa shape index (κ3) is 4.04. The molecule has 0 aliphatic carbocycles. The van der Waals surface area contributed by atoms with Gasteiger partial charge in [0.05, 0.1) is 13.2 Å². The molecule has 0 radical (unpaired) electrons. The Hall–Kier alpha value is -4.02. The number of benzene rings is 4. The third-order valence-corrected chi connectivity index (χ3v) is 7.03. The van der Waals surface area contributed by atoms with E-state index in [-0.39, 0.29) is 5.97 Å². The molecule has 0 bridgehead atoms. The lowest BCUT2D eigenvalue weighted by Crippen LogP contribution is -2.46. The van der Waals surface area contributed by atoms with Crippen LogP contribution in [-0.2, 0) is 22.0 Å². The molecule has 2 atom stereocenters. The lowest BCUT2D eigenvalue weighted by molar-refractivity contribution is -0.146. The summed E-state index contributed by atoms with van der Waals surface area (Å²) in [6.07, 6.45) is 2.05. The van der Waals surface area contributed by atoms with E-state index >= 15 is 0 Å². The molecule has 0 aliphatic heterocycles. The number of fused-ring (bicyclic) bond motifs is 1. The molecule has 4 nitrogen and oxygen atoms in total. The van der Waals surface area contributed by atoms with Crippen LogP contribution in [0, 0.1) is 0 Å². The summed E-state index contributed by atoms with van der Waals surface area (Å²) in [5.74, 6) is -0.347. The van der Waals surface area contributed by atoms with Crippen LogP contribution in [0.4, 0.5) is 5.69 Å². The van der Waals surface area contributed by atoms with Crippen molar-refractivity contribution in [2.24, 2.45) is 7.05 Å². The number of hydrogen-bond donors (Lipinski definition) is 1. The number of nitrogens with one attached hydrogen (secondary N) is 1. The first-order valence-electron chi connectivity index (χ1n) is 11.8. The minimum atomic E-state index is -1.21. The molecule has 36 heavy (non-hydrogen) atoms. The van der Waals surface area contributed by atoms with Crippen LogP contribution < -0.4 is 5.32 Å². The number of aryl methyl sites for hydroxylation is 1. The van der Waals surface area contributed by atoms with E-state index in [9.17, 15) is 4.79 Å². The zero-order chi connectivity index (χ0) is 25.1. The Balaban J connectivity index is 1.88. The van der Waals surface area contributed by atoms with Crippen LogP contribution in [-0.4, -0.2) is 17.6 Å². The van der Waals surface area contributed by atoms with E-state index in [4.69, 9.17) is 16.3 Å². The molecule has 4 aromatic carbocycles. The maximum absolute atomic E-state index is 14.3. The fourth-order valence-electron chi connectivity index (χ4n) is 5.14. The molecule has 0 unspecified atom stereocenters. The van der Waals surface area contributed by atoms with Crippen LogP contribution in [0.3, 0.4) is 0 Å². The van der Waals surface area contributed by atoms with Crippen LogP contribution in [0.2, 0.25) is 5.02 Å². The minimum absolute atomic E-state index is 0.347. The third-order valence-electron chi connectivity index (χ3n) is 6.78. The van der Waals surface area contributed by atoms with Gasteiger partial charge in [0.2, 0.25) is 0 Å². The van der Waals surface area contributed by atoms with Crippen molar-refractivity contribution in [1.29, 1.82) is 0 Å². The first-order chi connectivity index (χ1) is 17.6. The second-order valence-corrected chi connectivity index (χ2v) is 9.27. The topological polar surface area (TPSA) is 43.3 Å². The van der Waals surface area contributed by atoms with Gasteiger partial charge in [-0.25, -0.2) is 0 Å². The number of carbonyl (C=O) groups excluding carboxylic acids is 1. The number of carbonyl (C=O) groups is 1. The second-order valence-electron chi connectivity index (χ2n) is 8.83. The lowest BCUT2D eigenvalue weighted by atomic mass is 9.66. The van der Waals surface area contributed by atoms with Gasteiger partial charge < -0.3 is 14.6 Å². The number of anilines is 1. The highest BCUT2D eigenvalue weighted by Crippen LogP contribution is 2.48. The molecule has 0 aliphatic rings. The Morgan fingerprint density at radius 3 is 2.14 bits per heavy atom. The van der Waals surface area contributed by atoms with E-state index in [0.717, 1.165) is 33.3 Å². The van der Waals surface area contributed by atoms with Gasteiger partial charge in [0.15, 0.2) is 0 Å². The van der Waals surface area contributed by atoms with Crippen molar-refractivity contribution in [3.05, 3.63) is 137 Å². The number of aromatic nitrogens is 1. The molecular formula is C31H27ClN2O2. The van der Waals surface area contributed by atoms with Crippen LogP contribution in [0.15, 0.2) is 115 Å². The predicted octanol–water partition coefficient (Wildman–Crippen LogP) is 7.14. The fraction of sp³-hybridized carbons (Fsp3) is 0.129. The van der Waals surface area contributed by atoms with Crippen molar-refractivity contribution in [3.8, 4) is 0 Å². The predicted molar refractivity (Wildman–Crippen MR) is 146 cm³/mol. The zero-order valence-corrected chi connectivity index (χ0v) is 20.9. The van der Waals surface area contributed by atoms with Crippen molar-refractivity contribution in [1.82, 2.24) is 4.57 Å². The number of nitrogens with zero attached hydrogens (tertiary/aromatic N) is 1. The van der Waals surface area contributed by atoms with Crippen molar-refractivity contribution in [2.75, 3.05) is 12.4 Å². The number of ether oxygens (including phenoxy) is 1. The molecule has 5 aromatic rings. The Kier molecular flexibility index (Phi) is 6.53. The monoisotopic (exact) mass is 494 g/mol. The Labute approximate surface area is 216 Å². The number of esters is 1. The standard InChI is InChI=1S/C31H27ClN2O2/c1-34-21-27(26-15-9-10-16-28(26)34)31(30(35)36-2,23-13-7-4-8-14-23)29(22-11-5-3-6-12-22)33-25-19-17-24(32)18-20-25/h3-21,29,33H,1-2H3/t29-,31-/m1/s1. The number of rotatable bonds is 7. The van der Waals surface area contributed by atoms with Crippen molar-refractivity contribution < 1.29 is 9.53 Å². The van der Waals surface area contributed by atoms with E-state index in [1.54, 1.807) is 0 Å². The highest BCUT2D eigenvalue weighted by Gasteiger charge is 2.52. The van der Waals surface area contributed by atoms with Gasteiger partial charge in [-0.1, -0.05) is 90.5 Å². The molecule has 180 valence electrons. The van der Waals surface area contributed by atoms with Crippen LogP contribution in [0.5, 0.6) is 0 Å². The van der Waals surface area contributed by atoms with Gasteiger partial charge in [-0.15, -0.1) is 0 Å². The molecular weight excluding hydrogens is 468 g/mol. The summed E-state index contributed by atoms with van der Waals surface area (Å²) in [6.45, 7) is 0. The molecule has 1 N–H and O–H groups in total. The van der Waals surface area contributed by atoms with Crippen LogP contribution in [0.1, 0.15) is 22.7 Å². The van der Waals surface area contributed by atoms with E-state index < -0.39 is 11.5 Å².